The highest BCUT2D eigenvalue weighted by atomic mass is 32.2. The van der Waals surface area contributed by atoms with Crippen molar-refractivity contribution in [1.29, 1.82) is 0 Å². The minimum absolute atomic E-state index is 0.533. The van der Waals surface area contributed by atoms with Gasteiger partial charge in [0.2, 0.25) is 5.88 Å². The largest absolute Gasteiger partial charge is 0.458 e. The fourth-order valence-corrected chi connectivity index (χ4v) is 16.7. The Hall–Kier alpha value is -5.86. The molecule has 4 aliphatic rings. The molecule has 2 aromatic heterocycles. The smallest absolute Gasteiger partial charge is 0.219 e. The molecule has 0 saturated heterocycles. The van der Waals surface area contributed by atoms with Gasteiger partial charge in [-0.15, -0.1) is 0 Å². The van der Waals surface area contributed by atoms with Crippen molar-refractivity contribution in [1.82, 2.24) is 9.97 Å². The van der Waals surface area contributed by atoms with Crippen LogP contribution in [0.4, 0.5) is 0 Å². The highest BCUT2D eigenvalue weighted by molar-refractivity contribution is 7.99. The maximum atomic E-state index is 6.78. The van der Waals surface area contributed by atoms with Crippen LogP contribution in [-0.2, 0) is 5.41 Å². The van der Waals surface area contributed by atoms with Gasteiger partial charge < -0.3 is 9.47 Å². The van der Waals surface area contributed by atoms with Gasteiger partial charge in [-0.2, -0.15) is 0 Å². The third kappa shape index (κ3) is 3.96. The second-order valence-electron chi connectivity index (χ2n) is 14.0. The Labute approximate surface area is 321 Å². The fourth-order valence-electron chi connectivity index (χ4n) is 9.35. The maximum Gasteiger partial charge on any atom is 0.219 e. The monoisotopic (exact) mass is 744 g/mol. The molecule has 0 amide bonds. The van der Waals surface area contributed by atoms with Crippen LogP contribution in [0.5, 0.6) is 23.1 Å². The van der Waals surface area contributed by atoms with Crippen molar-refractivity contribution < 1.29 is 9.47 Å². The number of rotatable bonds is 1. The van der Waals surface area contributed by atoms with E-state index in [0.29, 0.717) is 5.88 Å². The van der Waals surface area contributed by atoms with Crippen LogP contribution in [0.3, 0.4) is 0 Å². The zero-order chi connectivity index (χ0) is 35.4. The molecule has 54 heavy (non-hydrogen) atoms. The quantitative estimate of drug-likeness (QED) is 0.156. The van der Waals surface area contributed by atoms with E-state index in [2.05, 4.69) is 146 Å². The van der Waals surface area contributed by atoms with Crippen LogP contribution in [0, 0.1) is 0 Å². The Morgan fingerprint density at radius 3 is 1.81 bits per heavy atom. The van der Waals surface area contributed by atoms with E-state index in [0.717, 1.165) is 38.6 Å². The van der Waals surface area contributed by atoms with Gasteiger partial charge in [0.1, 0.15) is 22.3 Å². The Kier molecular flexibility index (Phi) is 6.41. The molecule has 2 atom stereocenters. The van der Waals surface area contributed by atoms with Crippen LogP contribution in [0.25, 0.3) is 11.1 Å². The second kappa shape index (κ2) is 11.3. The molecule has 0 saturated carbocycles. The molecule has 7 heteroatoms. The predicted molar refractivity (Wildman–Crippen MR) is 218 cm³/mol. The van der Waals surface area contributed by atoms with Crippen molar-refractivity contribution in [2.45, 2.75) is 25.1 Å². The summed E-state index contributed by atoms with van der Waals surface area (Å²) in [5, 5.41) is 5.80. The van der Waals surface area contributed by atoms with Crippen molar-refractivity contribution in [2.75, 3.05) is 0 Å². The lowest BCUT2D eigenvalue weighted by Gasteiger charge is -2.45. The number of hydrogen-bond donors (Lipinski definition) is 0. The number of benzene rings is 6. The van der Waals surface area contributed by atoms with Crippen LogP contribution in [0.1, 0.15) is 22.3 Å². The summed E-state index contributed by atoms with van der Waals surface area (Å²) in [7, 11) is -2.95. The van der Waals surface area contributed by atoms with Gasteiger partial charge in [0.15, 0.2) is 8.07 Å². The van der Waals surface area contributed by atoms with E-state index in [1.807, 2.05) is 36.3 Å². The molecule has 12 rings (SSSR count). The Morgan fingerprint density at radius 2 is 1.00 bits per heavy atom. The molecule has 4 aliphatic heterocycles. The van der Waals surface area contributed by atoms with Crippen LogP contribution >= 0.6 is 23.5 Å². The Bertz CT molecular complexity index is 2490. The van der Waals surface area contributed by atoms with E-state index < -0.39 is 13.5 Å². The first-order valence-corrected chi connectivity index (χ1v) is 21.7. The average molecular weight is 745 g/mol. The molecule has 6 heterocycles. The number of hydrogen-bond acceptors (Lipinski definition) is 6. The van der Waals surface area contributed by atoms with Crippen molar-refractivity contribution in [3.05, 3.63) is 192 Å². The number of para-hydroxylation sites is 2. The molecule has 2 unspecified atom stereocenters. The van der Waals surface area contributed by atoms with E-state index in [1.54, 1.807) is 11.8 Å². The summed E-state index contributed by atoms with van der Waals surface area (Å²) in [6.07, 6.45) is 3.75. The van der Waals surface area contributed by atoms with E-state index in [1.165, 1.54) is 52.5 Å². The number of nitrogens with zero attached hydrogens (tertiary/aromatic N) is 2. The van der Waals surface area contributed by atoms with Crippen LogP contribution in [-0.4, -0.2) is 18.0 Å². The summed E-state index contributed by atoms with van der Waals surface area (Å²) < 4.78 is 13.3. The molecule has 0 fully saturated rings. The SMILES string of the molecule is c1ccc2c(c1)Oc1ccc(-c3ccc4c(c3)C3(c5ccccc5S4)c4ccccc4Sc4ncccc43)cc1[Si]21c2ccccc2Oc2ncccc21. The summed E-state index contributed by atoms with van der Waals surface area (Å²) in [5.74, 6) is 3.30. The van der Waals surface area contributed by atoms with Crippen LogP contribution < -0.4 is 30.2 Å². The van der Waals surface area contributed by atoms with Gasteiger partial charge in [0.25, 0.3) is 0 Å². The number of fused-ring (bicyclic) bond motifs is 16. The minimum Gasteiger partial charge on any atom is -0.458 e. The zero-order valence-corrected chi connectivity index (χ0v) is 31.3. The van der Waals surface area contributed by atoms with E-state index in [9.17, 15) is 0 Å². The predicted octanol–water partition coefficient (Wildman–Crippen LogP) is 9.04. The molecule has 6 aromatic carbocycles. The molecule has 0 radical (unpaired) electrons. The van der Waals surface area contributed by atoms with E-state index in [4.69, 9.17) is 19.4 Å². The van der Waals surface area contributed by atoms with Gasteiger partial charge in [0.05, 0.1) is 5.41 Å². The van der Waals surface area contributed by atoms with Gasteiger partial charge in [-0.1, -0.05) is 127 Å². The lowest BCUT2D eigenvalue weighted by molar-refractivity contribution is 0.466. The topological polar surface area (TPSA) is 44.2 Å². The first kappa shape index (κ1) is 30.6. The van der Waals surface area contributed by atoms with Gasteiger partial charge in [-0.25, -0.2) is 9.97 Å². The highest BCUT2D eigenvalue weighted by Crippen LogP contribution is 2.61. The van der Waals surface area contributed by atoms with Crippen molar-refractivity contribution in [2.24, 2.45) is 0 Å². The first-order valence-electron chi connectivity index (χ1n) is 18.0. The van der Waals surface area contributed by atoms with Gasteiger partial charge in [-0.3, -0.25) is 0 Å². The molecule has 8 aromatic rings. The molecule has 0 bridgehead atoms. The molecule has 2 spiro atoms. The second-order valence-corrected chi connectivity index (χ2v) is 19.8. The van der Waals surface area contributed by atoms with Crippen molar-refractivity contribution in [3.8, 4) is 34.3 Å². The van der Waals surface area contributed by atoms with E-state index in [-0.39, 0.29) is 0 Å². The van der Waals surface area contributed by atoms with Gasteiger partial charge in [-0.05, 0) is 98.0 Å². The maximum absolute atomic E-state index is 6.78. The Morgan fingerprint density at radius 1 is 0.426 bits per heavy atom. The number of pyridine rings is 2. The average Bonchev–Trinajstić information content (AvgIpc) is 3.23. The third-order valence-corrected chi connectivity index (χ3v) is 18.5. The summed E-state index contributed by atoms with van der Waals surface area (Å²) in [6.45, 7) is 0. The highest BCUT2D eigenvalue weighted by Gasteiger charge is 2.54. The molecular weight excluding hydrogens is 717 g/mol. The van der Waals surface area contributed by atoms with Crippen molar-refractivity contribution in [3.63, 3.8) is 0 Å². The normalized spacial score (nSPS) is 19.0. The summed E-state index contributed by atoms with van der Waals surface area (Å²) in [5.41, 5.74) is 6.87. The van der Waals surface area contributed by atoms with Crippen molar-refractivity contribution >= 4 is 52.3 Å². The molecule has 4 nitrogen and oxygen atoms in total. The lowest BCUT2D eigenvalue weighted by atomic mass is 9.64. The number of ether oxygens (including phenoxy) is 2. The molecule has 0 N–H and O–H groups in total. The Balaban J connectivity index is 1.14. The zero-order valence-electron chi connectivity index (χ0n) is 28.7. The summed E-state index contributed by atoms with van der Waals surface area (Å²) >= 11 is 3.63. The molecule has 254 valence electrons. The van der Waals surface area contributed by atoms with Gasteiger partial charge in [0, 0.05) is 37.8 Å². The summed E-state index contributed by atoms with van der Waals surface area (Å²) in [4.78, 5) is 13.6. The van der Waals surface area contributed by atoms with Crippen LogP contribution in [0.2, 0.25) is 0 Å². The van der Waals surface area contributed by atoms with E-state index >= 15 is 0 Å². The lowest BCUT2D eigenvalue weighted by Crippen LogP contribution is -2.77. The fraction of sp³-hybridized carbons (Fsp3) is 0.0213. The third-order valence-electron chi connectivity index (χ3n) is 11.5. The summed E-state index contributed by atoms with van der Waals surface area (Å²) in [6, 6.07) is 57.3. The number of aromatic nitrogens is 2. The first-order chi connectivity index (χ1) is 26.7. The van der Waals surface area contributed by atoms with Crippen LogP contribution in [0.15, 0.2) is 190 Å². The minimum atomic E-state index is -2.95. The standard InChI is InChI=1S/C47H28N2O2S2Si/c1-5-16-38-31(11-1)47(32-12-2-6-17-39(32)53-46-33(47)13-9-26-49-46)34-27-29(22-24-40(34)52-38)30-21-23-37-44(28-30)54(41-18-7-3-14-35(41)50-37)42-19-8-4-15-36(42)51-45-43(54)20-10-25-48-45/h1-28H. The molecule has 0 aliphatic carbocycles. The van der Waals surface area contributed by atoms with Gasteiger partial charge >= 0.3 is 0 Å². The molecular formula is C47H28N2O2S2Si.